The minimum Gasteiger partial charge on any atom is -0.159 e. The summed E-state index contributed by atoms with van der Waals surface area (Å²) in [5, 5.41) is 1.02. The Bertz CT molecular complexity index is 144. The molecule has 2 fully saturated rings. The molecule has 1 heteroatoms. The first-order chi connectivity index (χ1) is 5.90. The van der Waals surface area contributed by atoms with Gasteiger partial charge in [-0.1, -0.05) is 26.2 Å². The van der Waals surface area contributed by atoms with Crippen molar-refractivity contribution in [3.8, 4) is 0 Å². The van der Waals surface area contributed by atoms with Gasteiger partial charge in [0.25, 0.3) is 0 Å². The Morgan fingerprint density at radius 2 is 1.92 bits per heavy atom. The van der Waals surface area contributed by atoms with Crippen molar-refractivity contribution >= 4 is 11.8 Å². The summed E-state index contributed by atoms with van der Waals surface area (Å²) in [5.74, 6) is 3.59. The van der Waals surface area contributed by atoms with E-state index in [1.807, 2.05) is 0 Å². The zero-order chi connectivity index (χ0) is 8.39. The minimum atomic E-state index is 1.02. The predicted octanol–water partition coefficient (Wildman–Crippen LogP) is 3.71. The molecule has 12 heavy (non-hydrogen) atoms. The van der Waals surface area contributed by atoms with E-state index < -0.39 is 0 Å². The van der Waals surface area contributed by atoms with Crippen LogP contribution in [0.4, 0.5) is 0 Å². The fraction of sp³-hybridized carbons (Fsp3) is 1.00. The van der Waals surface area contributed by atoms with Gasteiger partial charge in [-0.2, -0.15) is 11.8 Å². The molecule has 0 saturated heterocycles. The molecule has 0 aromatic rings. The van der Waals surface area contributed by atoms with Crippen LogP contribution in [0.15, 0.2) is 0 Å². The molecule has 2 aliphatic rings. The van der Waals surface area contributed by atoms with E-state index in [1.54, 1.807) is 25.7 Å². The molecule has 0 aromatic heterocycles. The molecule has 0 aliphatic heterocycles. The highest BCUT2D eigenvalue weighted by atomic mass is 32.2. The maximum absolute atomic E-state index is 2.30. The molecule has 2 saturated carbocycles. The van der Waals surface area contributed by atoms with Crippen LogP contribution in [0.1, 0.15) is 45.4 Å². The van der Waals surface area contributed by atoms with Gasteiger partial charge in [0.15, 0.2) is 0 Å². The van der Waals surface area contributed by atoms with Crippen molar-refractivity contribution in [3.63, 3.8) is 0 Å². The van der Waals surface area contributed by atoms with Crippen LogP contribution in [-0.4, -0.2) is 11.0 Å². The largest absolute Gasteiger partial charge is 0.159 e. The lowest BCUT2D eigenvalue weighted by Crippen LogP contribution is -2.22. The summed E-state index contributed by atoms with van der Waals surface area (Å²) in [4.78, 5) is 0. The van der Waals surface area contributed by atoms with Gasteiger partial charge in [0.05, 0.1) is 0 Å². The molecule has 3 unspecified atom stereocenters. The first-order valence-electron chi connectivity index (χ1n) is 5.51. The van der Waals surface area contributed by atoms with Gasteiger partial charge in [-0.25, -0.2) is 0 Å². The normalized spacial score (nSPS) is 41.2. The van der Waals surface area contributed by atoms with Gasteiger partial charge < -0.3 is 0 Å². The van der Waals surface area contributed by atoms with Crippen molar-refractivity contribution in [2.45, 2.75) is 50.7 Å². The summed E-state index contributed by atoms with van der Waals surface area (Å²) in [7, 11) is 0. The molecule has 0 radical (unpaired) electrons. The number of hydrogen-bond donors (Lipinski definition) is 0. The van der Waals surface area contributed by atoms with Gasteiger partial charge in [0, 0.05) is 5.25 Å². The summed E-state index contributed by atoms with van der Waals surface area (Å²) >= 11 is 2.20. The van der Waals surface area contributed by atoms with Crippen molar-refractivity contribution < 1.29 is 0 Å². The summed E-state index contributed by atoms with van der Waals surface area (Å²) in [6.45, 7) is 2.30. The van der Waals surface area contributed by atoms with Gasteiger partial charge in [-0.15, -0.1) is 0 Å². The van der Waals surface area contributed by atoms with Crippen molar-refractivity contribution in [2.75, 3.05) is 5.75 Å². The molecule has 0 nitrogen and oxygen atoms in total. The molecule has 3 atom stereocenters. The lowest BCUT2D eigenvalue weighted by atomic mass is 9.81. The van der Waals surface area contributed by atoms with E-state index in [0.29, 0.717) is 0 Å². The number of rotatable bonds is 2. The Labute approximate surface area is 80.5 Å². The van der Waals surface area contributed by atoms with Crippen LogP contribution in [0, 0.1) is 11.8 Å². The third-order valence-corrected chi connectivity index (χ3v) is 4.88. The fourth-order valence-electron chi connectivity index (χ4n) is 3.05. The quantitative estimate of drug-likeness (QED) is 0.630. The number of thioether (sulfide) groups is 1. The Kier molecular flexibility index (Phi) is 3.00. The average Bonchev–Trinajstić information content (AvgIpc) is 2.51. The molecular weight excluding hydrogens is 164 g/mol. The highest BCUT2D eigenvalue weighted by molar-refractivity contribution is 7.99. The van der Waals surface area contributed by atoms with Gasteiger partial charge in [-0.05, 0) is 36.9 Å². The van der Waals surface area contributed by atoms with Crippen molar-refractivity contribution in [2.24, 2.45) is 11.8 Å². The van der Waals surface area contributed by atoms with Crippen molar-refractivity contribution in [1.29, 1.82) is 0 Å². The van der Waals surface area contributed by atoms with Gasteiger partial charge in [-0.3, -0.25) is 0 Å². The van der Waals surface area contributed by atoms with Crippen molar-refractivity contribution in [1.82, 2.24) is 0 Å². The van der Waals surface area contributed by atoms with Gasteiger partial charge in [0.2, 0.25) is 0 Å². The highest BCUT2D eigenvalue weighted by Gasteiger charge is 2.33. The predicted molar refractivity (Wildman–Crippen MR) is 56.6 cm³/mol. The van der Waals surface area contributed by atoms with E-state index in [4.69, 9.17) is 0 Å². The second-order valence-corrected chi connectivity index (χ2v) is 5.92. The maximum atomic E-state index is 2.30. The molecule has 2 rings (SSSR count). The van der Waals surface area contributed by atoms with E-state index in [-0.39, 0.29) is 0 Å². The fourth-order valence-corrected chi connectivity index (χ4v) is 4.20. The second kappa shape index (κ2) is 4.04. The van der Waals surface area contributed by atoms with Crippen LogP contribution in [-0.2, 0) is 0 Å². The third kappa shape index (κ3) is 1.81. The molecule has 70 valence electrons. The Balaban J connectivity index is 1.84. The molecule has 0 heterocycles. The van der Waals surface area contributed by atoms with Crippen LogP contribution in [0.5, 0.6) is 0 Å². The summed E-state index contributed by atoms with van der Waals surface area (Å²) in [6.07, 6.45) is 9.23. The minimum absolute atomic E-state index is 1.02. The lowest BCUT2D eigenvalue weighted by Gasteiger charge is -2.31. The lowest BCUT2D eigenvalue weighted by molar-refractivity contribution is 0.283. The molecular formula is C11H20S. The molecule has 0 spiro atoms. The summed E-state index contributed by atoms with van der Waals surface area (Å²) in [5.41, 5.74) is 0. The SMILES string of the molecule is CCSC1CCC2CCCC2C1. The van der Waals surface area contributed by atoms with Gasteiger partial charge >= 0.3 is 0 Å². The maximum Gasteiger partial charge on any atom is 0.00497 e. The van der Waals surface area contributed by atoms with Crippen LogP contribution < -0.4 is 0 Å². The molecule has 0 aromatic carbocycles. The average molecular weight is 184 g/mol. The summed E-state index contributed by atoms with van der Waals surface area (Å²) < 4.78 is 0. The third-order valence-electron chi connectivity index (χ3n) is 3.64. The van der Waals surface area contributed by atoms with Crippen LogP contribution in [0.2, 0.25) is 0 Å². The van der Waals surface area contributed by atoms with Crippen LogP contribution in [0.3, 0.4) is 0 Å². The first kappa shape index (κ1) is 8.93. The summed E-state index contributed by atoms with van der Waals surface area (Å²) in [6, 6.07) is 0. The second-order valence-electron chi connectivity index (χ2n) is 4.34. The molecule has 2 aliphatic carbocycles. The zero-order valence-electron chi connectivity index (χ0n) is 8.09. The standard InChI is InChI=1S/C11H20S/c1-2-12-11-7-6-9-4-3-5-10(9)8-11/h9-11H,2-8H2,1H3. The Hall–Kier alpha value is 0.350. The highest BCUT2D eigenvalue weighted by Crippen LogP contribution is 2.44. The van der Waals surface area contributed by atoms with Crippen LogP contribution in [0.25, 0.3) is 0 Å². The van der Waals surface area contributed by atoms with E-state index in [9.17, 15) is 0 Å². The molecule has 0 bridgehead atoms. The first-order valence-corrected chi connectivity index (χ1v) is 6.56. The molecule has 0 amide bonds. The van der Waals surface area contributed by atoms with Crippen LogP contribution >= 0.6 is 11.8 Å². The smallest absolute Gasteiger partial charge is 0.00497 e. The molecule has 0 N–H and O–H groups in total. The Morgan fingerprint density at radius 3 is 2.75 bits per heavy atom. The number of fused-ring (bicyclic) bond motifs is 1. The van der Waals surface area contributed by atoms with E-state index in [1.165, 1.54) is 18.6 Å². The van der Waals surface area contributed by atoms with E-state index >= 15 is 0 Å². The van der Waals surface area contributed by atoms with E-state index in [0.717, 1.165) is 17.1 Å². The topological polar surface area (TPSA) is 0 Å². The monoisotopic (exact) mass is 184 g/mol. The number of hydrogen-bond acceptors (Lipinski definition) is 1. The zero-order valence-corrected chi connectivity index (χ0v) is 8.91. The van der Waals surface area contributed by atoms with Gasteiger partial charge in [0.1, 0.15) is 0 Å². The Morgan fingerprint density at radius 1 is 1.08 bits per heavy atom. The van der Waals surface area contributed by atoms with E-state index in [2.05, 4.69) is 18.7 Å². The van der Waals surface area contributed by atoms with Crippen molar-refractivity contribution in [3.05, 3.63) is 0 Å².